The van der Waals surface area contributed by atoms with E-state index in [9.17, 15) is 18.4 Å². The van der Waals surface area contributed by atoms with E-state index in [1.165, 1.54) is 7.05 Å². The van der Waals surface area contributed by atoms with E-state index in [-0.39, 0.29) is 12.2 Å². The molecule has 1 N–H and O–H groups in total. The SMILES string of the molecule is CN(CC(F)F)C(=O)Cn1cc(C(=O)O)nn1. The van der Waals surface area contributed by atoms with Crippen LogP contribution in [-0.4, -0.2) is 56.9 Å². The van der Waals surface area contributed by atoms with Crippen molar-refractivity contribution in [2.24, 2.45) is 0 Å². The van der Waals surface area contributed by atoms with Crippen LogP contribution in [0.2, 0.25) is 0 Å². The average Bonchev–Trinajstić information content (AvgIpc) is 2.65. The van der Waals surface area contributed by atoms with E-state index in [1.807, 2.05) is 0 Å². The second-order valence-corrected chi connectivity index (χ2v) is 3.27. The lowest BCUT2D eigenvalue weighted by Gasteiger charge is -2.15. The van der Waals surface area contributed by atoms with Gasteiger partial charge < -0.3 is 10.0 Å². The summed E-state index contributed by atoms with van der Waals surface area (Å²) in [6, 6.07) is 0. The number of aromatic nitrogens is 3. The molecule has 1 heterocycles. The molecule has 0 atom stereocenters. The Morgan fingerprint density at radius 3 is 2.71 bits per heavy atom. The van der Waals surface area contributed by atoms with E-state index in [0.717, 1.165) is 15.8 Å². The van der Waals surface area contributed by atoms with Crippen LogP contribution in [0, 0.1) is 0 Å². The third kappa shape index (κ3) is 3.78. The van der Waals surface area contributed by atoms with Gasteiger partial charge in [-0.15, -0.1) is 5.10 Å². The number of carbonyl (C=O) groups excluding carboxylic acids is 1. The van der Waals surface area contributed by atoms with Crippen LogP contribution < -0.4 is 0 Å². The fraction of sp³-hybridized carbons (Fsp3) is 0.500. The quantitative estimate of drug-likeness (QED) is 0.772. The highest BCUT2D eigenvalue weighted by Gasteiger charge is 2.16. The molecule has 0 fully saturated rings. The van der Waals surface area contributed by atoms with Crippen LogP contribution in [0.25, 0.3) is 0 Å². The zero-order valence-electron chi connectivity index (χ0n) is 8.88. The van der Waals surface area contributed by atoms with Crippen molar-refractivity contribution in [1.29, 1.82) is 0 Å². The molecule has 0 bridgehead atoms. The van der Waals surface area contributed by atoms with E-state index in [2.05, 4.69) is 10.3 Å². The van der Waals surface area contributed by atoms with Gasteiger partial charge in [0.15, 0.2) is 5.69 Å². The highest BCUT2D eigenvalue weighted by atomic mass is 19.3. The number of rotatable bonds is 5. The number of carboxylic acid groups (broad SMARTS) is 1. The minimum Gasteiger partial charge on any atom is -0.476 e. The van der Waals surface area contributed by atoms with Crippen LogP contribution in [0.15, 0.2) is 6.20 Å². The molecular formula is C8H10F2N4O3. The van der Waals surface area contributed by atoms with E-state index in [0.29, 0.717) is 0 Å². The van der Waals surface area contributed by atoms with Crippen molar-refractivity contribution in [3.63, 3.8) is 0 Å². The summed E-state index contributed by atoms with van der Waals surface area (Å²) in [7, 11) is 1.23. The molecule has 1 aromatic rings. The van der Waals surface area contributed by atoms with Crippen molar-refractivity contribution in [1.82, 2.24) is 19.9 Å². The van der Waals surface area contributed by atoms with E-state index in [1.54, 1.807) is 0 Å². The fourth-order valence-corrected chi connectivity index (χ4v) is 1.04. The van der Waals surface area contributed by atoms with Crippen molar-refractivity contribution in [2.75, 3.05) is 13.6 Å². The molecule has 0 saturated heterocycles. The summed E-state index contributed by atoms with van der Waals surface area (Å²) in [6.45, 7) is -1.01. The highest BCUT2D eigenvalue weighted by Crippen LogP contribution is 1.98. The summed E-state index contributed by atoms with van der Waals surface area (Å²) in [5.41, 5.74) is -0.311. The van der Waals surface area contributed by atoms with Gasteiger partial charge in [0.05, 0.1) is 12.7 Å². The largest absolute Gasteiger partial charge is 0.476 e. The topological polar surface area (TPSA) is 88.3 Å². The Balaban J connectivity index is 2.58. The van der Waals surface area contributed by atoms with Crippen LogP contribution in [0.3, 0.4) is 0 Å². The molecule has 17 heavy (non-hydrogen) atoms. The normalized spacial score (nSPS) is 10.6. The van der Waals surface area contributed by atoms with Crippen molar-refractivity contribution in [3.05, 3.63) is 11.9 Å². The van der Waals surface area contributed by atoms with Gasteiger partial charge in [0.1, 0.15) is 6.54 Å². The molecule has 1 rings (SSSR count). The second-order valence-electron chi connectivity index (χ2n) is 3.27. The van der Waals surface area contributed by atoms with Gasteiger partial charge in [-0.25, -0.2) is 18.3 Å². The molecule has 0 spiro atoms. The summed E-state index contributed by atoms with van der Waals surface area (Å²) >= 11 is 0. The van der Waals surface area contributed by atoms with Crippen LogP contribution >= 0.6 is 0 Å². The van der Waals surface area contributed by atoms with Crippen molar-refractivity contribution in [2.45, 2.75) is 13.0 Å². The molecule has 0 unspecified atom stereocenters. The maximum atomic E-state index is 12.0. The third-order valence-corrected chi connectivity index (χ3v) is 1.89. The first kappa shape index (κ1) is 13.0. The standard InChI is InChI=1S/C8H10F2N4O3/c1-13(3-6(9)10)7(15)4-14-2-5(8(16)17)11-12-14/h2,6H,3-4H2,1H3,(H,16,17). The smallest absolute Gasteiger partial charge is 0.358 e. The van der Waals surface area contributed by atoms with Gasteiger partial charge in [0.2, 0.25) is 5.91 Å². The van der Waals surface area contributed by atoms with Gasteiger partial charge in [0, 0.05) is 7.05 Å². The first-order valence-electron chi connectivity index (χ1n) is 4.55. The number of aromatic carboxylic acids is 1. The summed E-state index contributed by atoms with van der Waals surface area (Å²) in [6.07, 6.45) is -1.56. The number of amides is 1. The Bertz CT molecular complexity index is 421. The summed E-state index contributed by atoms with van der Waals surface area (Å²) < 4.78 is 25.0. The zero-order valence-corrected chi connectivity index (χ0v) is 8.88. The second kappa shape index (κ2) is 5.32. The summed E-state index contributed by atoms with van der Waals surface area (Å²) in [5, 5.41) is 15.2. The Hall–Kier alpha value is -2.06. The minimum atomic E-state index is -2.62. The van der Waals surface area contributed by atoms with Crippen LogP contribution in [0.4, 0.5) is 8.78 Å². The maximum Gasteiger partial charge on any atom is 0.358 e. The number of hydrogen-bond acceptors (Lipinski definition) is 4. The van der Waals surface area contributed by atoms with Crippen molar-refractivity contribution < 1.29 is 23.5 Å². The number of carboxylic acids is 1. The minimum absolute atomic E-state index is 0.311. The number of hydrogen-bond donors (Lipinski definition) is 1. The molecule has 1 aromatic heterocycles. The van der Waals surface area contributed by atoms with Gasteiger partial charge in [-0.3, -0.25) is 4.79 Å². The molecule has 0 aliphatic carbocycles. The zero-order chi connectivity index (χ0) is 13.0. The molecule has 0 saturated carbocycles. The molecule has 9 heteroatoms. The number of likely N-dealkylation sites (N-methyl/N-ethyl adjacent to an activating group) is 1. The number of alkyl halides is 2. The Kier molecular flexibility index (Phi) is 4.07. The predicted octanol–water partition coefficient (Wildman–Crippen LogP) is -0.300. The lowest BCUT2D eigenvalue weighted by Crippen LogP contribution is -2.34. The van der Waals surface area contributed by atoms with Crippen molar-refractivity contribution >= 4 is 11.9 Å². The number of halogens is 2. The summed E-state index contributed by atoms with van der Waals surface area (Å²) in [4.78, 5) is 22.7. The Morgan fingerprint density at radius 2 is 2.24 bits per heavy atom. The lowest BCUT2D eigenvalue weighted by molar-refractivity contribution is -0.132. The van der Waals surface area contributed by atoms with Gasteiger partial charge in [0.25, 0.3) is 6.43 Å². The van der Waals surface area contributed by atoms with Gasteiger partial charge in [-0.1, -0.05) is 5.21 Å². The molecule has 0 radical (unpaired) electrons. The van der Waals surface area contributed by atoms with Crippen LogP contribution in [0.5, 0.6) is 0 Å². The first-order valence-corrected chi connectivity index (χ1v) is 4.55. The average molecular weight is 248 g/mol. The molecular weight excluding hydrogens is 238 g/mol. The van der Waals surface area contributed by atoms with Crippen molar-refractivity contribution in [3.8, 4) is 0 Å². The van der Waals surface area contributed by atoms with E-state index in [4.69, 9.17) is 5.11 Å². The highest BCUT2D eigenvalue weighted by molar-refractivity contribution is 5.84. The summed E-state index contributed by atoms with van der Waals surface area (Å²) in [5.74, 6) is -1.88. The fourth-order valence-electron chi connectivity index (χ4n) is 1.04. The van der Waals surface area contributed by atoms with Crippen LogP contribution in [0.1, 0.15) is 10.5 Å². The monoisotopic (exact) mass is 248 g/mol. The molecule has 7 nitrogen and oxygen atoms in total. The lowest BCUT2D eigenvalue weighted by atomic mass is 10.4. The van der Waals surface area contributed by atoms with Gasteiger partial charge in [-0.05, 0) is 0 Å². The predicted molar refractivity (Wildman–Crippen MR) is 50.6 cm³/mol. The Morgan fingerprint density at radius 1 is 1.59 bits per heavy atom. The molecule has 0 aliphatic heterocycles. The molecule has 1 amide bonds. The van der Waals surface area contributed by atoms with Crippen LogP contribution in [-0.2, 0) is 11.3 Å². The van der Waals surface area contributed by atoms with E-state index >= 15 is 0 Å². The maximum absolute atomic E-state index is 12.0. The van der Waals surface area contributed by atoms with Gasteiger partial charge >= 0.3 is 5.97 Å². The Labute approximate surface area is 94.6 Å². The first-order chi connectivity index (χ1) is 7.90. The molecule has 0 aromatic carbocycles. The van der Waals surface area contributed by atoms with Gasteiger partial charge in [-0.2, -0.15) is 0 Å². The third-order valence-electron chi connectivity index (χ3n) is 1.89. The molecule has 94 valence electrons. The number of carbonyl (C=O) groups is 2. The molecule has 0 aliphatic rings. The van der Waals surface area contributed by atoms with E-state index < -0.39 is 24.8 Å². The number of nitrogens with zero attached hydrogens (tertiary/aromatic N) is 4.